The van der Waals surface area contributed by atoms with Crippen LogP contribution in [0.1, 0.15) is 29.2 Å². The maximum absolute atomic E-state index is 13.6. The van der Waals surface area contributed by atoms with Gasteiger partial charge in [-0.25, -0.2) is 8.42 Å². The molecule has 0 aromatic heterocycles. The molecule has 0 atom stereocenters. The van der Waals surface area contributed by atoms with Crippen LogP contribution in [0.15, 0.2) is 77.7 Å². The Morgan fingerprint density at radius 2 is 1.61 bits per heavy atom. The Morgan fingerprint density at radius 3 is 2.32 bits per heavy atom. The molecule has 5 nitrogen and oxygen atoms in total. The number of rotatable bonds is 8. The number of amides is 1. The first-order chi connectivity index (χ1) is 14.8. The van der Waals surface area contributed by atoms with Gasteiger partial charge in [0.15, 0.2) is 0 Å². The zero-order valence-corrected chi connectivity index (χ0v) is 18.9. The highest BCUT2D eigenvalue weighted by Gasteiger charge is 2.28. The predicted molar refractivity (Wildman–Crippen MR) is 124 cm³/mol. The van der Waals surface area contributed by atoms with Gasteiger partial charge in [-0.1, -0.05) is 67.6 Å². The lowest BCUT2D eigenvalue weighted by atomic mass is 10.1. The minimum atomic E-state index is -3.88. The quantitative estimate of drug-likeness (QED) is 0.557. The number of nitrogens with one attached hydrogen (secondary N) is 1. The summed E-state index contributed by atoms with van der Waals surface area (Å²) in [5, 5.41) is 2.88. The van der Waals surface area contributed by atoms with E-state index in [-0.39, 0.29) is 23.9 Å². The molecule has 0 aliphatic heterocycles. The number of nitrogens with zero attached hydrogens (tertiary/aromatic N) is 1. The smallest absolute Gasteiger partial charge is 0.244 e. The predicted octanol–water partition coefficient (Wildman–Crippen LogP) is 4.70. The highest BCUT2D eigenvalue weighted by atomic mass is 32.2. The molecule has 3 aromatic carbocycles. The van der Waals surface area contributed by atoms with Gasteiger partial charge in [0.05, 0.1) is 11.4 Å². The third-order valence-corrected chi connectivity index (χ3v) is 7.09. The normalized spacial score (nSPS) is 11.5. The number of hydrogen-bond donors (Lipinski definition) is 1. The van der Waals surface area contributed by atoms with Gasteiger partial charge in [0.25, 0.3) is 0 Å². The van der Waals surface area contributed by atoms with Crippen LogP contribution in [0, 0.1) is 13.8 Å². The highest BCUT2D eigenvalue weighted by molar-refractivity contribution is 7.89. The number of para-hydroxylation sites is 1. The zero-order chi connectivity index (χ0) is 22.4. The van der Waals surface area contributed by atoms with Crippen molar-refractivity contribution in [3.05, 3.63) is 95.1 Å². The Morgan fingerprint density at radius 1 is 0.935 bits per heavy atom. The van der Waals surface area contributed by atoms with Crippen molar-refractivity contribution in [1.29, 1.82) is 0 Å². The van der Waals surface area contributed by atoms with E-state index in [1.54, 1.807) is 19.1 Å². The first-order valence-electron chi connectivity index (χ1n) is 10.3. The molecule has 31 heavy (non-hydrogen) atoms. The molecule has 0 fully saturated rings. The molecule has 0 bridgehead atoms. The molecular weight excluding hydrogens is 408 g/mol. The summed E-state index contributed by atoms with van der Waals surface area (Å²) < 4.78 is 28.4. The standard InChI is InChI=1S/C25H28N2O3S/c1-4-22-12-8-9-13-23(22)26-25(28)18-27(17-21-10-6-5-7-11-21)31(29,30)24-16-19(2)14-15-20(24)3/h5-16H,4,17-18H2,1-3H3,(H,26,28). The van der Waals surface area contributed by atoms with Gasteiger partial charge >= 0.3 is 0 Å². The van der Waals surface area contributed by atoms with Crippen molar-refractivity contribution in [2.24, 2.45) is 0 Å². The number of aryl methyl sites for hydroxylation is 3. The maximum atomic E-state index is 13.6. The largest absolute Gasteiger partial charge is 0.325 e. The van der Waals surface area contributed by atoms with E-state index in [0.29, 0.717) is 11.3 Å². The van der Waals surface area contributed by atoms with Crippen molar-refractivity contribution in [3.8, 4) is 0 Å². The van der Waals surface area contributed by atoms with E-state index in [1.165, 1.54) is 4.31 Å². The van der Waals surface area contributed by atoms with Crippen LogP contribution >= 0.6 is 0 Å². The van der Waals surface area contributed by atoms with Crippen molar-refractivity contribution in [3.63, 3.8) is 0 Å². The van der Waals surface area contributed by atoms with Crippen molar-refractivity contribution < 1.29 is 13.2 Å². The number of anilines is 1. The molecule has 6 heteroatoms. The average Bonchev–Trinajstić information content (AvgIpc) is 2.76. The van der Waals surface area contributed by atoms with Crippen LogP contribution in [0.5, 0.6) is 0 Å². The Labute approximate surface area is 184 Å². The Bertz CT molecular complexity index is 1160. The summed E-state index contributed by atoms with van der Waals surface area (Å²) in [6, 6.07) is 22.2. The summed E-state index contributed by atoms with van der Waals surface area (Å²) in [4.78, 5) is 13.1. The zero-order valence-electron chi connectivity index (χ0n) is 18.1. The summed E-state index contributed by atoms with van der Waals surface area (Å²) in [5.41, 5.74) is 4.03. The van der Waals surface area contributed by atoms with Gasteiger partial charge in [-0.3, -0.25) is 4.79 Å². The van der Waals surface area contributed by atoms with E-state index in [0.717, 1.165) is 23.1 Å². The van der Waals surface area contributed by atoms with Crippen LogP contribution in [0.25, 0.3) is 0 Å². The lowest BCUT2D eigenvalue weighted by molar-refractivity contribution is -0.116. The lowest BCUT2D eigenvalue weighted by Gasteiger charge is -2.23. The minimum Gasteiger partial charge on any atom is -0.325 e. The molecule has 0 unspecified atom stereocenters. The number of sulfonamides is 1. The second kappa shape index (κ2) is 9.90. The molecule has 3 aromatic rings. The molecule has 0 heterocycles. The first kappa shape index (κ1) is 22.7. The molecule has 1 N–H and O–H groups in total. The van der Waals surface area contributed by atoms with Crippen LogP contribution in [0.3, 0.4) is 0 Å². The third kappa shape index (κ3) is 5.60. The molecule has 0 spiro atoms. The van der Waals surface area contributed by atoms with Gasteiger partial charge in [0, 0.05) is 12.2 Å². The fourth-order valence-corrected chi connectivity index (χ4v) is 5.13. The monoisotopic (exact) mass is 436 g/mol. The summed E-state index contributed by atoms with van der Waals surface area (Å²) in [7, 11) is -3.88. The summed E-state index contributed by atoms with van der Waals surface area (Å²) >= 11 is 0. The van der Waals surface area contributed by atoms with Crippen LogP contribution in [0.4, 0.5) is 5.69 Å². The Kier molecular flexibility index (Phi) is 7.25. The van der Waals surface area contributed by atoms with Gasteiger partial charge < -0.3 is 5.32 Å². The number of hydrogen-bond acceptors (Lipinski definition) is 3. The molecule has 0 saturated heterocycles. The van der Waals surface area contributed by atoms with Crippen LogP contribution < -0.4 is 5.32 Å². The van der Waals surface area contributed by atoms with E-state index >= 15 is 0 Å². The fourth-order valence-electron chi connectivity index (χ4n) is 3.44. The topological polar surface area (TPSA) is 66.5 Å². The van der Waals surface area contributed by atoms with Gasteiger partial charge in [-0.2, -0.15) is 4.31 Å². The van der Waals surface area contributed by atoms with Crippen LogP contribution in [-0.4, -0.2) is 25.2 Å². The fraction of sp³-hybridized carbons (Fsp3) is 0.240. The van der Waals surface area contributed by atoms with Crippen LogP contribution in [-0.2, 0) is 27.8 Å². The second-order valence-corrected chi connectivity index (χ2v) is 9.49. The lowest BCUT2D eigenvalue weighted by Crippen LogP contribution is -2.38. The molecule has 1 amide bonds. The molecule has 0 radical (unpaired) electrons. The summed E-state index contributed by atoms with van der Waals surface area (Å²) in [6.45, 7) is 5.47. The molecular formula is C25H28N2O3S. The molecule has 0 aliphatic rings. The SMILES string of the molecule is CCc1ccccc1NC(=O)CN(Cc1ccccc1)S(=O)(=O)c1cc(C)ccc1C. The third-order valence-electron chi connectivity index (χ3n) is 5.16. The van der Waals surface area contributed by atoms with Gasteiger partial charge in [-0.05, 0) is 54.7 Å². The van der Waals surface area contributed by atoms with Crippen molar-refractivity contribution in [2.45, 2.75) is 38.6 Å². The summed E-state index contributed by atoms with van der Waals surface area (Å²) in [6.07, 6.45) is 0.769. The van der Waals surface area contributed by atoms with E-state index < -0.39 is 10.0 Å². The minimum absolute atomic E-state index is 0.111. The van der Waals surface area contributed by atoms with Crippen molar-refractivity contribution in [2.75, 3.05) is 11.9 Å². The second-order valence-electron chi connectivity index (χ2n) is 7.59. The average molecular weight is 437 g/mol. The molecule has 0 saturated carbocycles. The van der Waals surface area contributed by atoms with Gasteiger partial charge in [0.2, 0.25) is 15.9 Å². The van der Waals surface area contributed by atoms with Gasteiger partial charge in [-0.15, -0.1) is 0 Å². The number of carbonyl (C=O) groups is 1. The first-order valence-corrected chi connectivity index (χ1v) is 11.7. The number of carbonyl (C=O) groups excluding carboxylic acids is 1. The van der Waals surface area contributed by atoms with E-state index in [4.69, 9.17) is 0 Å². The summed E-state index contributed by atoms with van der Waals surface area (Å²) in [5.74, 6) is -0.370. The molecule has 0 aliphatic carbocycles. The van der Waals surface area contributed by atoms with Gasteiger partial charge in [0.1, 0.15) is 0 Å². The molecule has 162 valence electrons. The van der Waals surface area contributed by atoms with E-state index in [2.05, 4.69) is 5.32 Å². The van der Waals surface area contributed by atoms with Crippen molar-refractivity contribution in [1.82, 2.24) is 4.31 Å². The Balaban J connectivity index is 1.92. The highest BCUT2D eigenvalue weighted by Crippen LogP contribution is 2.23. The van der Waals surface area contributed by atoms with Crippen molar-refractivity contribution >= 4 is 21.6 Å². The molecule has 3 rings (SSSR count). The maximum Gasteiger partial charge on any atom is 0.244 e. The Hall–Kier alpha value is -2.96. The van der Waals surface area contributed by atoms with Crippen LogP contribution in [0.2, 0.25) is 0 Å². The number of benzene rings is 3. The van der Waals surface area contributed by atoms with E-state index in [1.807, 2.05) is 74.5 Å². The van der Waals surface area contributed by atoms with E-state index in [9.17, 15) is 13.2 Å².